The van der Waals surface area contributed by atoms with Crippen LogP contribution in [0.4, 0.5) is 0 Å². The Bertz CT molecular complexity index is 838. The molecule has 1 aromatic heterocycles. The zero-order valence-corrected chi connectivity index (χ0v) is 13.6. The van der Waals surface area contributed by atoms with Crippen LogP contribution in [0.25, 0.3) is 5.57 Å². The Labute approximate surface area is 141 Å². The molecular weight excluding hydrogens is 300 g/mol. The van der Waals surface area contributed by atoms with Crippen molar-refractivity contribution in [2.24, 2.45) is 10.8 Å². The van der Waals surface area contributed by atoms with Gasteiger partial charge in [0, 0.05) is 42.8 Å². The molecule has 3 aliphatic carbocycles. The van der Waals surface area contributed by atoms with E-state index in [-0.39, 0.29) is 17.0 Å². The first-order valence-corrected chi connectivity index (χ1v) is 8.80. The normalized spacial score (nSPS) is 34.0. The summed E-state index contributed by atoms with van der Waals surface area (Å²) in [6, 6.07) is 4.09. The highest BCUT2D eigenvalue weighted by Gasteiger charge is 2.61. The van der Waals surface area contributed by atoms with Gasteiger partial charge in [0.05, 0.1) is 11.1 Å². The number of Topliss-reactive ketones (excluding diaryl/α,β-unsaturated/α-hetero) is 2. The lowest BCUT2D eigenvalue weighted by molar-refractivity contribution is -0.136. The number of aromatic nitrogens is 1. The number of nitrogens with one attached hydrogen (secondary N) is 1. The molecule has 1 N–H and O–H groups in total. The maximum Gasteiger partial charge on any atom is 0.147 e. The van der Waals surface area contributed by atoms with E-state index in [0.29, 0.717) is 19.3 Å². The monoisotopic (exact) mass is 320 g/mol. The SMILES string of the molecule is O=C1CCC[C@@]12CC1(CC2=O)Cc2cccnc2C2=CCNC=C21. The van der Waals surface area contributed by atoms with E-state index in [0.717, 1.165) is 37.1 Å². The molecule has 1 aliphatic heterocycles. The van der Waals surface area contributed by atoms with Gasteiger partial charge in [-0.15, -0.1) is 0 Å². The molecular formula is C20H20N2O2. The van der Waals surface area contributed by atoms with Crippen molar-refractivity contribution in [2.45, 2.75) is 38.5 Å². The zero-order chi connectivity index (χ0) is 16.4. The summed E-state index contributed by atoms with van der Waals surface area (Å²) in [6.45, 7) is 0.781. The van der Waals surface area contributed by atoms with E-state index in [1.54, 1.807) is 0 Å². The lowest BCUT2D eigenvalue weighted by Gasteiger charge is -2.40. The van der Waals surface area contributed by atoms with Crippen molar-refractivity contribution in [3.63, 3.8) is 0 Å². The van der Waals surface area contributed by atoms with Crippen LogP contribution in [0, 0.1) is 10.8 Å². The van der Waals surface area contributed by atoms with Crippen molar-refractivity contribution in [1.82, 2.24) is 10.3 Å². The van der Waals surface area contributed by atoms with Gasteiger partial charge in [0.15, 0.2) is 0 Å². The first-order valence-electron chi connectivity index (χ1n) is 8.80. The highest BCUT2D eigenvalue weighted by Crippen LogP contribution is 2.61. The third-order valence-electron chi connectivity index (χ3n) is 6.42. The number of ketones is 2. The maximum atomic E-state index is 13.0. The number of dihydropyridines is 1. The number of allylic oxidation sites excluding steroid dienone is 2. The minimum atomic E-state index is -0.705. The molecule has 4 heteroatoms. The van der Waals surface area contributed by atoms with Gasteiger partial charge in [-0.05, 0) is 42.9 Å². The van der Waals surface area contributed by atoms with E-state index in [4.69, 9.17) is 0 Å². The summed E-state index contributed by atoms with van der Waals surface area (Å²) in [7, 11) is 0. The van der Waals surface area contributed by atoms with Crippen LogP contribution in [0.2, 0.25) is 0 Å². The molecule has 0 radical (unpaired) electrons. The zero-order valence-electron chi connectivity index (χ0n) is 13.6. The Balaban J connectivity index is 1.67. The lowest BCUT2D eigenvalue weighted by atomic mass is 9.64. The fourth-order valence-electron chi connectivity index (χ4n) is 5.40. The first-order chi connectivity index (χ1) is 11.6. The Hall–Kier alpha value is -2.23. The molecule has 1 unspecified atom stereocenters. The van der Waals surface area contributed by atoms with Crippen LogP contribution >= 0.6 is 0 Å². The topological polar surface area (TPSA) is 59.1 Å². The summed E-state index contributed by atoms with van der Waals surface area (Å²) in [4.78, 5) is 30.1. The van der Waals surface area contributed by atoms with E-state index >= 15 is 0 Å². The van der Waals surface area contributed by atoms with Gasteiger partial charge in [0.2, 0.25) is 0 Å². The van der Waals surface area contributed by atoms with Crippen molar-refractivity contribution >= 4 is 17.1 Å². The average molecular weight is 320 g/mol. The van der Waals surface area contributed by atoms with Gasteiger partial charge in [-0.25, -0.2) is 0 Å². The first kappa shape index (κ1) is 14.1. The minimum absolute atomic E-state index is 0.170. The van der Waals surface area contributed by atoms with Crippen LogP contribution in [0.3, 0.4) is 0 Å². The Morgan fingerprint density at radius 3 is 2.92 bits per heavy atom. The van der Waals surface area contributed by atoms with Gasteiger partial charge in [-0.1, -0.05) is 12.1 Å². The summed E-state index contributed by atoms with van der Waals surface area (Å²) in [5.41, 5.74) is 3.64. The quantitative estimate of drug-likeness (QED) is 0.747. The van der Waals surface area contributed by atoms with Crippen LogP contribution in [0.15, 0.2) is 36.2 Å². The number of pyridine rings is 1. The van der Waals surface area contributed by atoms with Crippen LogP contribution in [-0.2, 0) is 16.0 Å². The third kappa shape index (κ3) is 1.66. The maximum absolute atomic E-state index is 13.0. The second kappa shape index (κ2) is 4.65. The van der Waals surface area contributed by atoms with Crippen molar-refractivity contribution in [2.75, 3.05) is 6.54 Å². The van der Waals surface area contributed by atoms with Crippen molar-refractivity contribution < 1.29 is 9.59 Å². The predicted molar refractivity (Wildman–Crippen MR) is 90.0 cm³/mol. The van der Waals surface area contributed by atoms with Gasteiger partial charge in [-0.3, -0.25) is 14.6 Å². The summed E-state index contributed by atoms with van der Waals surface area (Å²) < 4.78 is 0. The highest BCUT2D eigenvalue weighted by atomic mass is 16.2. The number of hydrogen-bond donors (Lipinski definition) is 1. The van der Waals surface area contributed by atoms with Crippen LogP contribution in [0.1, 0.15) is 43.4 Å². The number of rotatable bonds is 0. The Morgan fingerprint density at radius 1 is 1.17 bits per heavy atom. The lowest BCUT2D eigenvalue weighted by Crippen LogP contribution is -2.35. The summed E-state index contributed by atoms with van der Waals surface area (Å²) in [5.74, 6) is 0.347. The molecule has 4 aliphatic rings. The van der Waals surface area contributed by atoms with Crippen LogP contribution in [-0.4, -0.2) is 23.1 Å². The van der Waals surface area contributed by atoms with Crippen LogP contribution < -0.4 is 5.32 Å². The molecule has 122 valence electrons. The fourth-order valence-corrected chi connectivity index (χ4v) is 5.40. The smallest absolute Gasteiger partial charge is 0.147 e. The fraction of sp³-hybridized carbons (Fsp3) is 0.450. The number of hydrogen-bond acceptors (Lipinski definition) is 4. The molecule has 0 aromatic carbocycles. The summed E-state index contributed by atoms with van der Waals surface area (Å²) in [5, 5.41) is 3.31. The predicted octanol–water partition coefficient (Wildman–Crippen LogP) is 2.60. The van der Waals surface area contributed by atoms with E-state index < -0.39 is 5.41 Å². The molecule has 0 saturated heterocycles. The second-order valence-corrected chi connectivity index (χ2v) is 7.69. The standard InChI is InChI=1S/C20H20N2O2/c23-16-4-1-6-20(16)12-19(10-17(20)24)9-13-3-2-7-22-18(13)14-5-8-21-11-15(14)19/h2-3,5,7,11,21H,1,4,6,8-10,12H2/t19?,20-/m1/s1. The molecule has 4 nitrogen and oxygen atoms in total. The second-order valence-electron chi connectivity index (χ2n) is 7.69. The highest BCUT2D eigenvalue weighted by molar-refractivity contribution is 6.10. The van der Waals surface area contributed by atoms with E-state index in [1.807, 2.05) is 12.3 Å². The van der Waals surface area contributed by atoms with Gasteiger partial charge in [0.1, 0.15) is 11.6 Å². The molecule has 2 saturated carbocycles. The van der Waals surface area contributed by atoms with Gasteiger partial charge in [-0.2, -0.15) is 0 Å². The molecule has 0 bridgehead atoms. The number of fused-ring (bicyclic) bond motifs is 4. The molecule has 2 spiro atoms. The molecule has 2 heterocycles. The Kier molecular flexibility index (Phi) is 2.74. The van der Waals surface area contributed by atoms with Crippen LogP contribution in [0.5, 0.6) is 0 Å². The summed E-state index contributed by atoms with van der Waals surface area (Å²) >= 11 is 0. The number of carbonyl (C=O) groups excluding carboxylic acids is 2. The minimum Gasteiger partial charge on any atom is -0.387 e. The van der Waals surface area contributed by atoms with E-state index in [1.165, 1.54) is 11.1 Å². The molecule has 2 atom stereocenters. The number of nitrogens with zero attached hydrogens (tertiary/aromatic N) is 1. The molecule has 1 aromatic rings. The molecule has 5 rings (SSSR count). The van der Waals surface area contributed by atoms with E-state index in [9.17, 15) is 9.59 Å². The van der Waals surface area contributed by atoms with Crippen molar-refractivity contribution in [1.29, 1.82) is 0 Å². The van der Waals surface area contributed by atoms with E-state index in [2.05, 4.69) is 28.6 Å². The molecule has 24 heavy (non-hydrogen) atoms. The largest absolute Gasteiger partial charge is 0.387 e. The van der Waals surface area contributed by atoms with Crippen molar-refractivity contribution in [3.8, 4) is 0 Å². The third-order valence-corrected chi connectivity index (χ3v) is 6.42. The van der Waals surface area contributed by atoms with Gasteiger partial charge < -0.3 is 5.32 Å². The average Bonchev–Trinajstić information content (AvgIpc) is 3.10. The molecule has 2 fully saturated rings. The Morgan fingerprint density at radius 2 is 2.08 bits per heavy atom. The van der Waals surface area contributed by atoms with Gasteiger partial charge in [0.25, 0.3) is 0 Å². The van der Waals surface area contributed by atoms with Gasteiger partial charge >= 0.3 is 0 Å². The summed E-state index contributed by atoms with van der Waals surface area (Å²) in [6.07, 6.45) is 10.2. The van der Waals surface area contributed by atoms with Crippen molar-refractivity contribution in [3.05, 3.63) is 47.4 Å². The number of carbonyl (C=O) groups is 2. The molecule has 0 amide bonds.